The van der Waals surface area contributed by atoms with Crippen LogP contribution in [0.15, 0.2) is 36.4 Å². The summed E-state index contributed by atoms with van der Waals surface area (Å²) in [6.45, 7) is 8.31. The van der Waals surface area contributed by atoms with E-state index in [2.05, 4.69) is 49.5 Å². The van der Waals surface area contributed by atoms with Gasteiger partial charge in [-0.3, -0.25) is 4.79 Å². The summed E-state index contributed by atoms with van der Waals surface area (Å²) in [6, 6.07) is 13.0. The Morgan fingerprint density at radius 3 is 2.41 bits per heavy atom. The normalized spacial score (nSPS) is 13.1. The Hall–Kier alpha value is -2.00. The van der Waals surface area contributed by atoms with E-state index >= 15 is 0 Å². The molecule has 0 fully saturated rings. The Kier molecular flexibility index (Phi) is 9.03. The molecule has 0 aliphatic heterocycles. The summed E-state index contributed by atoms with van der Waals surface area (Å²) in [5, 5.41) is 13.7. The van der Waals surface area contributed by atoms with Gasteiger partial charge in [-0.1, -0.05) is 50.1 Å². The number of benzene rings is 2. The largest absolute Gasteiger partial charge is 0.481 e. The first-order valence-electron chi connectivity index (χ1n) is 10.7. The Bertz CT molecular complexity index is 818. The molecule has 0 radical (unpaired) electrons. The fraction of sp³-hybridized carbons (Fsp3) is 0.480. The third kappa shape index (κ3) is 6.78. The summed E-state index contributed by atoms with van der Waals surface area (Å²) < 4.78 is 0. The van der Waals surface area contributed by atoms with Crippen molar-refractivity contribution >= 4 is 23.3 Å². The van der Waals surface area contributed by atoms with E-state index in [1.165, 1.54) is 16.7 Å². The highest BCUT2D eigenvalue weighted by molar-refractivity contribution is 6.31. The second kappa shape index (κ2) is 11.3. The summed E-state index contributed by atoms with van der Waals surface area (Å²) in [7, 11) is 0. The fourth-order valence-corrected chi connectivity index (χ4v) is 3.86. The number of anilines is 1. The molecular formula is C25H34ClNO2. The number of aryl methyl sites for hydroxylation is 3. The molecule has 1 unspecified atom stereocenters. The summed E-state index contributed by atoms with van der Waals surface area (Å²) in [6.07, 6.45) is 5.39. The maximum atomic E-state index is 11.2. The van der Waals surface area contributed by atoms with Crippen molar-refractivity contribution in [3.8, 4) is 0 Å². The molecule has 0 aliphatic carbocycles. The fourth-order valence-electron chi connectivity index (χ4n) is 3.75. The van der Waals surface area contributed by atoms with Crippen LogP contribution in [-0.4, -0.2) is 11.1 Å². The van der Waals surface area contributed by atoms with Crippen LogP contribution in [-0.2, 0) is 11.2 Å². The standard InChI is InChI=1S/C25H34ClNO2/c1-5-19(25(28)29)9-7-8-10-20-16-22(13-11-17(20)3)27-24(6-2)21-12-14-23(26)18(4)15-21/h11-16,19,24,27H,5-10H2,1-4H3,(H,28,29)/t19?,24-/m1/s1. The molecule has 0 bridgehead atoms. The van der Waals surface area contributed by atoms with Crippen LogP contribution in [0, 0.1) is 19.8 Å². The molecule has 2 N–H and O–H groups in total. The van der Waals surface area contributed by atoms with Crippen molar-refractivity contribution < 1.29 is 9.90 Å². The van der Waals surface area contributed by atoms with Gasteiger partial charge in [0, 0.05) is 10.7 Å². The molecule has 0 aromatic heterocycles. The van der Waals surface area contributed by atoms with Crippen molar-refractivity contribution in [2.24, 2.45) is 5.92 Å². The number of halogens is 1. The number of unbranched alkanes of at least 4 members (excludes halogenated alkanes) is 1. The maximum Gasteiger partial charge on any atom is 0.306 e. The van der Waals surface area contributed by atoms with Crippen molar-refractivity contribution in [1.82, 2.24) is 0 Å². The predicted molar refractivity (Wildman–Crippen MR) is 123 cm³/mol. The minimum atomic E-state index is -0.669. The zero-order valence-electron chi connectivity index (χ0n) is 18.1. The number of carboxylic acid groups (broad SMARTS) is 1. The molecule has 158 valence electrons. The molecule has 0 aliphatic rings. The summed E-state index contributed by atoms with van der Waals surface area (Å²) in [4.78, 5) is 11.2. The van der Waals surface area contributed by atoms with E-state index in [1.54, 1.807) is 0 Å². The Morgan fingerprint density at radius 2 is 1.79 bits per heavy atom. The van der Waals surface area contributed by atoms with Crippen LogP contribution in [0.25, 0.3) is 0 Å². The van der Waals surface area contributed by atoms with Crippen LogP contribution in [0.1, 0.15) is 74.2 Å². The SMILES string of the molecule is CCC(CCCCc1cc(N[C@H](CC)c2ccc(Cl)c(C)c2)ccc1C)C(=O)O. The quantitative estimate of drug-likeness (QED) is 0.377. The van der Waals surface area contributed by atoms with Gasteiger partial charge in [0.2, 0.25) is 0 Å². The molecule has 4 heteroatoms. The van der Waals surface area contributed by atoms with E-state index in [0.29, 0.717) is 6.42 Å². The first-order valence-corrected chi connectivity index (χ1v) is 11.1. The van der Waals surface area contributed by atoms with Gasteiger partial charge in [-0.2, -0.15) is 0 Å². The highest BCUT2D eigenvalue weighted by Crippen LogP contribution is 2.27. The molecule has 0 amide bonds. The molecule has 0 heterocycles. The molecule has 29 heavy (non-hydrogen) atoms. The number of carbonyl (C=O) groups is 1. The van der Waals surface area contributed by atoms with Gasteiger partial charge in [0.25, 0.3) is 0 Å². The molecule has 2 aromatic rings. The van der Waals surface area contributed by atoms with Gasteiger partial charge in [0.05, 0.1) is 12.0 Å². The number of rotatable bonds is 11. The van der Waals surface area contributed by atoms with Crippen molar-refractivity contribution in [3.05, 3.63) is 63.7 Å². The molecule has 2 aromatic carbocycles. The molecule has 2 rings (SSSR count). The second-order valence-electron chi connectivity index (χ2n) is 7.94. The van der Waals surface area contributed by atoms with Gasteiger partial charge < -0.3 is 10.4 Å². The lowest BCUT2D eigenvalue weighted by Gasteiger charge is -2.21. The number of hydrogen-bond donors (Lipinski definition) is 2. The van der Waals surface area contributed by atoms with E-state index in [-0.39, 0.29) is 12.0 Å². The molecular weight excluding hydrogens is 382 g/mol. The van der Waals surface area contributed by atoms with E-state index in [4.69, 9.17) is 11.6 Å². The number of carboxylic acids is 1. The van der Waals surface area contributed by atoms with Gasteiger partial charge in [-0.25, -0.2) is 0 Å². The average molecular weight is 416 g/mol. The van der Waals surface area contributed by atoms with E-state index in [9.17, 15) is 9.90 Å². The van der Waals surface area contributed by atoms with Gasteiger partial charge >= 0.3 is 5.97 Å². The Labute approximate surface area is 180 Å². The Morgan fingerprint density at radius 1 is 1.03 bits per heavy atom. The van der Waals surface area contributed by atoms with E-state index < -0.39 is 5.97 Å². The van der Waals surface area contributed by atoms with Gasteiger partial charge in [-0.05, 0) is 86.4 Å². The van der Waals surface area contributed by atoms with Crippen molar-refractivity contribution in [2.45, 2.75) is 72.3 Å². The third-order valence-electron chi connectivity index (χ3n) is 5.77. The molecule has 3 nitrogen and oxygen atoms in total. The van der Waals surface area contributed by atoms with Crippen LogP contribution in [0.5, 0.6) is 0 Å². The monoisotopic (exact) mass is 415 g/mol. The van der Waals surface area contributed by atoms with Crippen molar-refractivity contribution in [2.75, 3.05) is 5.32 Å². The average Bonchev–Trinajstić information content (AvgIpc) is 2.70. The first kappa shape index (κ1) is 23.3. The minimum Gasteiger partial charge on any atom is -0.481 e. The molecule has 0 spiro atoms. The highest BCUT2D eigenvalue weighted by Gasteiger charge is 2.14. The highest BCUT2D eigenvalue weighted by atomic mass is 35.5. The minimum absolute atomic E-state index is 0.211. The predicted octanol–water partition coefficient (Wildman–Crippen LogP) is 7.34. The van der Waals surface area contributed by atoms with Gasteiger partial charge in [0.15, 0.2) is 0 Å². The van der Waals surface area contributed by atoms with Gasteiger partial charge in [-0.15, -0.1) is 0 Å². The molecule has 0 saturated heterocycles. The van der Waals surface area contributed by atoms with Crippen LogP contribution in [0.3, 0.4) is 0 Å². The van der Waals surface area contributed by atoms with Crippen LogP contribution in [0.4, 0.5) is 5.69 Å². The lowest BCUT2D eigenvalue weighted by Crippen LogP contribution is -2.12. The van der Waals surface area contributed by atoms with Crippen molar-refractivity contribution in [3.63, 3.8) is 0 Å². The molecule has 0 saturated carbocycles. The smallest absolute Gasteiger partial charge is 0.306 e. The molecule has 2 atom stereocenters. The lowest BCUT2D eigenvalue weighted by molar-refractivity contribution is -0.142. The third-order valence-corrected chi connectivity index (χ3v) is 6.20. The lowest BCUT2D eigenvalue weighted by atomic mass is 9.96. The second-order valence-corrected chi connectivity index (χ2v) is 8.35. The zero-order chi connectivity index (χ0) is 21.4. The van der Waals surface area contributed by atoms with Crippen LogP contribution in [0.2, 0.25) is 5.02 Å². The number of hydrogen-bond acceptors (Lipinski definition) is 2. The summed E-state index contributed by atoms with van der Waals surface area (Å²) in [5.41, 5.74) is 6.09. The Balaban J connectivity index is 2.01. The van der Waals surface area contributed by atoms with Crippen LogP contribution >= 0.6 is 11.6 Å². The number of aliphatic carboxylic acids is 1. The topological polar surface area (TPSA) is 49.3 Å². The van der Waals surface area contributed by atoms with Crippen LogP contribution < -0.4 is 5.32 Å². The van der Waals surface area contributed by atoms with E-state index in [1.807, 2.05) is 19.9 Å². The zero-order valence-corrected chi connectivity index (χ0v) is 18.9. The van der Waals surface area contributed by atoms with Crippen molar-refractivity contribution in [1.29, 1.82) is 0 Å². The number of nitrogens with one attached hydrogen (secondary N) is 1. The van der Waals surface area contributed by atoms with Gasteiger partial charge in [0.1, 0.15) is 0 Å². The summed E-state index contributed by atoms with van der Waals surface area (Å²) in [5.74, 6) is -0.879. The first-order chi connectivity index (χ1) is 13.8. The summed E-state index contributed by atoms with van der Waals surface area (Å²) >= 11 is 6.18. The van der Waals surface area contributed by atoms with E-state index in [0.717, 1.165) is 48.4 Å². The maximum absolute atomic E-state index is 11.2.